The Balaban J connectivity index is 3.00. The lowest BCUT2D eigenvalue weighted by Gasteiger charge is -2.11. The maximum atomic E-state index is 8.68. The van der Waals surface area contributed by atoms with E-state index in [2.05, 4.69) is 28.6 Å². The molecule has 0 heterocycles. The van der Waals surface area contributed by atoms with Crippen molar-refractivity contribution in [2.45, 2.75) is 12.5 Å². The number of nitriles is 1. The summed E-state index contributed by atoms with van der Waals surface area (Å²) in [5.74, 6) is 0. The Morgan fingerprint density at radius 1 is 1.64 bits per heavy atom. The summed E-state index contributed by atoms with van der Waals surface area (Å²) in [4.78, 5) is 0. The number of nitrogens with two attached hydrogens (primary N) is 1. The minimum atomic E-state index is -0.0605. The molecule has 3 heteroatoms. The maximum Gasteiger partial charge on any atom is 0.0992 e. The second kappa shape index (κ2) is 4.94. The average Bonchev–Trinajstić information content (AvgIpc) is 2.17. The highest BCUT2D eigenvalue weighted by Gasteiger charge is 2.08. The van der Waals surface area contributed by atoms with Gasteiger partial charge in [0, 0.05) is 10.5 Å². The van der Waals surface area contributed by atoms with E-state index >= 15 is 0 Å². The maximum absolute atomic E-state index is 8.68. The number of rotatable bonds is 3. The van der Waals surface area contributed by atoms with Gasteiger partial charge in [-0.05, 0) is 24.1 Å². The number of halogens is 1. The molecule has 1 aromatic carbocycles. The molecule has 0 saturated heterocycles. The summed E-state index contributed by atoms with van der Waals surface area (Å²) in [6.45, 7) is 3.64. The first kappa shape index (κ1) is 11.0. The number of hydrogen-bond acceptors (Lipinski definition) is 2. The Kier molecular flexibility index (Phi) is 3.87. The molecule has 72 valence electrons. The summed E-state index contributed by atoms with van der Waals surface area (Å²) in [5.41, 5.74) is 7.55. The van der Waals surface area contributed by atoms with Gasteiger partial charge in [0.2, 0.25) is 0 Å². The van der Waals surface area contributed by atoms with Gasteiger partial charge in [-0.25, -0.2) is 0 Å². The van der Waals surface area contributed by atoms with Crippen LogP contribution in [0.15, 0.2) is 35.3 Å². The summed E-state index contributed by atoms with van der Waals surface area (Å²) in [6, 6.07) is 7.43. The van der Waals surface area contributed by atoms with E-state index in [0.29, 0.717) is 5.56 Å². The highest BCUT2D eigenvalue weighted by Crippen LogP contribution is 2.25. The first-order valence-corrected chi connectivity index (χ1v) is 5.04. The van der Waals surface area contributed by atoms with Crippen molar-refractivity contribution in [1.29, 1.82) is 5.26 Å². The molecule has 1 rings (SSSR count). The van der Waals surface area contributed by atoms with Crippen molar-refractivity contribution < 1.29 is 0 Å². The summed E-state index contributed by atoms with van der Waals surface area (Å²) < 4.78 is 0.880. The third-order valence-electron chi connectivity index (χ3n) is 1.95. The predicted molar refractivity (Wildman–Crippen MR) is 60.6 cm³/mol. The highest BCUT2D eigenvalue weighted by atomic mass is 79.9. The van der Waals surface area contributed by atoms with Gasteiger partial charge in [0.15, 0.2) is 0 Å². The van der Waals surface area contributed by atoms with Crippen molar-refractivity contribution in [3.05, 3.63) is 46.5 Å². The first-order valence-electron chi connectivity index (χ1n) is 4.25. The fourth-order valence-corrected chi connectivity index (χ4v) is 1.88. The molecule has 0 saturated carbocycles. The lowest BCUT2D eigenvalue weighted by atomic mass is 10.0. The van der Waals surface area contributed by atoms with E-state index in [-0.39, 0.29) is 6.04 Å². The Morgan fingerprint density at radius 2 is 2.36 bits per heavy atom. The van der Waals surface area contributed by atoms with Crippen LogP contribution >= 0.6 is 15.9 Å². The molecule has 1 unspecified atom stereocenters. The van der Waals surface area contributed by atoms with Gasteiger partial charge in [0.25, 0.3) is 0 Å². The molecule has 0 spiro atoms. The summed E-state index contributed by atoms with van der Waals surface area (Å²) in [5, 5.41) is 8.68. The zero-order valence-electron chi connectivity index (χ0n) is 7.70. The molecule has 0 aliphatic heterocycles. The first-order chi connectivity index (χ1) is 6.69. The molecule has 0 bridgehead atoms. The fourth-order valence-electron chi connectivity index (χ4n) is 1.20. The van der Waals surface area contributed by atoms with Crippen LogP contribution in [0, 0.1) is 11.3 Å². The lowest BCUT2D eigenvalue weighted by molar-refractivity contribution is 0.738. The molecule has 0 amide bonds. The molecule has 2 nitrogen and oxygen atoms in total. The molecular weight excluding hydrogens is 240 g/mol. The van der Waals surface area contributed by atoms with E-state index in [1.54, 1.807) is 18.2 Å². The molecule has 2 N–H and O–H groups in total. The van der Waals surface area contributed by atoms with Crippen LogP contribution in [0.3, 0.4) is 0 Å². The highest BCUT2D eigenvalue weighted by molar-refractivity contribution is 9.10. The van der Waals surface area contributed by atoms with Crippen LogP contribution in [0.25, 0.3) is 0 Å². The van der Waals surface area contributed by atoms with Crippen LogP contribution in [-0.4, -0.2) is 0 Å². The number of benzene rings is 1. The van der Waals surface area contributed by atoms with E-state index in [1.807, 2.05) is 6.07 Å². The molecule has 0 radical (unpaired) electrons. The third kappa shape index (κ3) is 2.44. The van der Waals surface area contributed by atoms with Crippen molar-refractivity contribution in [2.75, 3.05) is 0 Å². The molecule has 14 heavy (non-hydrogen) atoms. The summed E-state index contributed by atoms with van der Waals surface area (Å²) in [7, 11) is 0. The third-order valence-corrected chi connectivity index (χ3v) is 2.64. The monoisotopic (exact) mass is 250 g/mol. The van der Waals surface area contributed by atoms with Gasteiger partial charge in [0.05, 0.1) is 11.6 Å². The van der Waals surface area contributed by atoms with E-state index in [9.17, 15) is 0 Å². The minimum Gasteiger partial charge on any atom is -0.324 e. The van der Waals surface area contributed by atoms with Gasteiger partial charge in [0.1, 0.15) is 0 Å². The van der Waals surface area contributed by atoms with Gasteiger partial charge in [-0.3, -0.25) is 0 Å². The standard InChI is InChI=1S/C11H11BrN2/c1-2-3-11(14)9-5-4-8(7-13)6-10(9)12/h2,4-6,11H,1,3,14H2. The van der Waals surface area contributed by atoms with Crippen LogP contribution in [-0.2, 0) is 0 Å². The Morgan fingerprint density at radius 3 is 2.86 bits per heavy atom. The molecule has 1 aromatic rings. The Labute approximate surface area is 92.2 Å². The molecule has 0 aromatic heterocycles. The molecule has 0 aliphatic rings. The zero-order valence-corrected chi connectivity index (χ0v) is 9.29. The second-order valence-corrected chi connectivity index (χ2v) is 3.83. The SMILES string of the molecule is C=CCC(N)c1ccc(C#N)cc1Br. The Bertz CT molecular complexity index is 379. The van der Waals surface area contributed by atoms with Gasteiger partial charge >= 0.3 is 0 Å². The van der Waals surface area contributed by atoms with Gasteiger partial charge in [-0.2, -0.15) is 5.26 Å². The van der Waals surface area contributed by atoms with Crippen molar-refractivity contribution in [2.24, 2.45) is 5.73 Å². The van der Waals surface area contributed by atoms with Crippen LogP contribution < -0.4 is 5.73 Å². The number of nitrogens with zero attached hydrogens (tertiary/aromatic N) is 1. The van der Waals surface area contributed by atoms with E-state index in [0.717, 1.165) is 16.5 Å². The van der Waals surface area contributed by atoms with Gasteiger partial charge in [-0.15, -0.1) is 6.58 Å². The fraction of sp³-hybridized carbons (Fsp3) is 0.182. The van der Waals surface area contributed by atoms with Crippen molar-refractivity contribution >= 4 is 15.9 Å². The van der Waals surface area contributed by atoms with Gasteiger partial charge < -0.3 is 5.73 Å². The van der Waals surface area contributed by atoms with Crippen LogP contribution in [0.5, 0.6) is 0 Å². The van der Waals surface area contributed by atoms with Crippen LogP contribution in [0.1, 0.15) is 23.6 Å². The van der Waals surface area contributed by atoms with Crippen LogP contribution in [0.2, 0.25) is 0 Å². The van der Waals surface area contributed by atoms with Crippen molar-refractivity contribution in [1.82, 2.24) is 0 Å². The molecule has 1 atom stereocenters. The summed E-state index contributed by atoms with van der Waals surface area (Å²) in [6.07, 6.45) is 2.51. The molecular formula is C11H11BrN2. The molecule has 0 fully saturated rings. The second-order valence-electron chi connectivity index (χ2n) is 2.98. The minimum absolute atomic E-state index is 0.0605. The topological polar surface area (TPSA) is 49.8 Å². The zero-order chi connectivity index (χ0) is 10.6. The average molecular weight is 251 g/mol. The molecule has 0 aliphatic carbocycles. The van der Waals surface area contributed by atoms with Crippen LogP contribution in [0.4, 0.5) is 0 Å². The Hall–Kier alpha value is -1.11. The van der Waals surface area contributed by atoms with E-state index in [1.165, 1.54) is 0 Å². The van der Waals surface area contributed by atoms with Crippen molar-refractivity contribution in [3.8, 4) is 6.07 Å². The quantitative estimate of drug-likeness (QED) is 0.839. The smallest absolute Gasteiger partial charge is 0.0992 e. The van der Waals surface area contributed by atoms with Gasteiger partial charge in [-0.1, -0.05) is 28.1 Å². The normalized spacial score (nSPS) is 11.8. The largest absolute Gasteiger partial charge is 0.324 e. The van der Waals surface area contributed by atoms with Crippen molar-refractivity contribution in [3.63, 3.8) is 0 Å². The van der Waals surface area contributed by atoms with E-state index in [4.69, 9.17) is 11.0 Å². The number of hydrogen-bond donors (Lipinski definition) is 1. The summed E-state index contributed by atoms with van der Waals surface area (Å²) >= 11 is 3.39. The predicted octanol–water partition coefficient (Wildman–Crippen LogP) is 2.90. The van der Waals surface area contributed by atoms with E-state index < -0.39 is 0 Å². The lowest BCUT2D eigenvalue weighted by Crippen LogP contribution is -2.09.